The number of esters is 1. The molecule has 1 unspecified atom stereocenters. The molecule has 0 bridgehead atoms. The van der Waals surface area contributed by atoms with Crippen LogP contribution in [0.3, 0.4) is 0 Å². The predicted octanol–water partition coefficient (Wildman–Crippen LogP) is 7.63. The molecule has 1 heterocycles. The number of carbonyl (C=O) groups is 5. The van der Waals surface area contributed by atoms with Gasteiger partial charge in [0.2, 0.25) is 5.91 Å². The molecule has 5 rings (SSSR count). The van der Waals surface area contributed by atoms with Crippen molar-refractivity contribution in [1.29, 1.82) is 0 Å². The van der Waals surface area contributed by atoms with Gasteiger partial charge in [-0.1, -0.05) is 54.6 Å². The number of methoxy groups -OCH3 is 2. The quantitative estimate of drug-likeness (QED) is 0.0545. The third-order valence-corrected chi connectivity index (χ3v) is 10.0. The summed E-state index contributed by atoms with van der Waals surface area (Å²) in [5, 5.41) is 10.7. The van der Waals surface area contributed by atoms with Crippen LogP contribution in [0.5, 0.6) is 5.75 Å². The minimum atomic E-state index is -0.684. The van der Waals surface area contributed by atoms with E-state index in [0.717, 1.165) is 11.3 Å². The van der Waals surface area contributed by atoms with E-state index in [1.54, 1.807) is 123 Å². The number of nitrogens with one attached hydrogen (secondary N) is 4. The van der Waals surface area contributed by atoms with Gasteiger partial charge < -0.3 is 30.7 Å². The summed E-state index contributed by atoms with van der Waals surface area (Å²) >= 11 is 2.20. The maximum Gasteiger partial charge on any atom is 0.341 e. The zero-order valence-corrected chi connectivity index (χ0v) is 30.9. The molecular weight excluding hydrogens is 713 g/mol. The van der Waals surface area contributed by atoms with E-state index in [0.29, 0.717) is 38.7 Å². The average molecular weight is 749 g/mol. The molecule has 4 amide bonds. The minimum Gasteiger partial charge on any atom is -0.497 e. The molecule has 13 heteroatoms. The van der Waals surface area contributed by atoms with Crippen molar-refractivity contribution in [3.8, 4) is 5.75 Å². The second kappa shape index (κ2) is 17.8. The molecule has 0 aliphatic heterocycles. The standard InChI is InChI=1S/C40H36N4O7S2/c1-24-33(40(49)51-4)39(53-34(24)38(48)41-28-16-9-6-10-17-28)44-35(45)25(2)52-31-20-12-18-29(23-31)42-37(47)32(22-26-13-11-19-30(21-26)50-3)43-36(46)27-14-7-5-8-15-27/h5-23,25H,1-4H3,(H,41,48)(H,42,47)(H,43,46)(H,44,45)/b32-22-. The lowest BCUT2D eigenvalue weighted by atomic mass is 10.1. The molecule has 11 nitrogen and oxygen atoms in total. The van der Waals surface area contributed by atoms with Crippen LogP contribution < -0.4 is 26.0 Å². The van der Waals surface area contributed by atoms with Crippen LogP contribution in [0.2, 0.25) is 0 Å². The van der Waals surface area contributed by atoms with Crippen molar-refractivity contribution < 1.29 is 33.4 Å². The number of thioether (sulfide) groups is 1. The molecule has 270 valence electrons. The highest BCUT2D eigenvalue weighted by atomic mass is 32.2. The van der Waals surface area contributed by atoms with Crippen molar-refractivity contribution in [2.45, 2.75) is 24.0 Å². The van der Waals surface area contributed by atoms with E-state index in [-0.39, 0.29) is 21.1 Å². The van der Waals surface area contributed by atoms with Crippen molar-refractivity contribution in [1.82, 2.24) is 5.32 Å². The van der Waals surface area contributed by atoms with Crippen LogP contribution in [-0.4, -0.2) is 49.1 Å². The van der Waals surface area contributed by atoms with Gasteiger partial charge in [0.05, 0.1) is 29.9 Å². The summed E-state index contributed by atoms with van der Waals surface area (Å²) in [6, 6.07) is 31.4. The first-order chi connectivity index (χ1) is 25.6. The van der Waals surface area contributed by atoms with Crippen molar-refractivity contribution >= 4 is 75.1 Å². The minimum absolute atomic E-state index is 0.00220. The third-order valence-electron chi connectivity index (χ3n) is 7.72. The smallest absolute Gasteiger partial charge is 0.341 e. The van der Waals surface area contributed by atoms with E-state index in [4.69, 9.17) is 9.47 Å². The Morgan fingerprint density at radius 1 is 0.755 bits per heavy atom. The largest absolute Gasteiger partial charge is 0.497 e. The second-order valence-electron chi connectivity index (χ2n) is 11.5. The van der Waals surface area contributed by atoms with E-state index < -0.39 is 34.8 Å². The van der Waals surface area contributed by atoms with Crippen molar-refractivity contribution in [2.75, 3.05) is 30.2 Å². The van der Waals surface area contributed by atoms with Gasteiger partial charge in [-0.15, -0.1) is 23.1 Å². The topological polar surface area (TPSA) is 152 Å². The number of hydrogen-bond donors (Lipinski definition) is 4. The molecule has 0 fully saturated rings. The van der Waals surface area contributed by atoms with Gasteiger partial charge in [0, 0.05) is 21.8 Å². The van der Waals surface area contributed by atoms with Gasteiger partial charge in [-0.05, 0) is 85.6 Å². The van der Waals surface area contributed by atoms with Crippen molar-refractivity contribution in [3.05, 3.63) is 142 Å². The SMILES string of the molecule is COC(=O)c1c(NC(=O)C(C)Sc2cccc(NC(=O)/C(=C/c3cccc(OC)c3)NC(=O)c3ccccc3)c2)sc(C(=O)Nc2ccccc2)c1C. The number of thiophene rings is 1. The monoisotopic (exact) mass is 748 g/mol. The van der Waals surface area contributed by atoms with E-state index in [1.165, 1.54) is 26.0 Å². The first-order valence-electron chi connectivity index (χ1n) is 16.3. The summed E-state index contributed by atoms with van der Waals surface area (Å²) in [5.41, 5.74) is 2.51. The van der Waals surface area contributed by atoms with E-state index in [1.807, 2.05) is 6.07 Å². The zero-order valence-electron chi connectivity index (χ0n) is 29.2. The van der Waals surface area contributed by atoms with Gasteiger partial charge in [-0.3, -0.25) is 19.2 Å². The Kier molecular flexibility index (Phi) is 12.8. The summed E-state index contributed by atoms with van der Waals surface area (Å²) < 4.78 is 10.3. The second-order valence-corrected chi connectivity index (χ2v) is 13.9. The lowest BCUT2D eigenvalue weighted by molar-refractivity contribution is -0.115. The summed E-state index contributed by atoms with van der Waals surface area (Å²) in [4.78, 5) is 66.9. The number of amides is 4. The van der Waals surface area contributed by atoms with E-state index in [2.05, 4.69) is 21.3 Å². The van der Waals surface area contributed by atoms with Gasteiger partial charge in [0.15, 0.2) is 0 Å². The Balaban J connectivity index is 1.30. The van der Waals surface area contributed by atoms with Crippen LogP contribution >= 0.6 is 23.1 Å². The first-order valence-corrected chi connectivity index (χ1v) is 17.9. The van der Waals surface area contributed by atoms with Crippen LogP contribution in [0, 0.1) is 6.92 Å². The van der Waals surface area contributed by atoms with Gasteiger partial charge in [0.25, 0.3) is 17.7 Å². The molecule has 0 spiro atoms. The van der Waals surface area contributed by atoms with Gasteiger partial charge in [0.1, 0.15) is 16.4 Å². The van der Waals surface area contributed by atoms with E-state index in [9.17, 15) is 24.0 Å². The molecule has 1 atom stereocenters. The molecule has 0 aliphatic rings. The summed E-state index contributed by atoms with van der Waals surface area (Å²) in [6.07, 6.45) is 1.55. The molecule has 0 saturated carbocycles. The highest BCUT2D eigenvalue weighted by molar-refractivity contribution is 8.00. The highest BCUT2D eigenvalue weighted by Crippen LogP contribution is 2.35. The molecule has 0 radical (unpaired) electrons. The Labute approximate surface area is 314 Å². The fraction of sp³-hybridized carbons (Fsp3) is 0.125. The molecule has 5 aromatic rings. The average Bonchev–Trinajstić information content (AvgIpc) is 3.50. The molecule has 0 aliphatic carbocycles. The van der Waals surface area contributed by atoms with E-state index >= 15 is 0 Å². The van der Waals surface area contributed by atoms with Gasteiger partial charge in [-0.2, -0.15) is 0 Å². The Hall–Kier alpha value is -6.18. The van der Waals surface area contributed by atoms with Crippen LogP contribution in [0.1, 0.15) is 48.4 Å². The number of hydrogen-bond acceptors (Lipinski definition) is 9. The van der Waals surface area contributed by atoms with Gasteiger partial charge in [-0.25, -0.2) is 4.79 Å². The van der Waals surface area contributed by atoms with Crippen molar-refractivity contribution in [3.63, 3.8) is 0 Å². The van der Waals surface area contributed by atoms with Gasteiger partial charge >= 0.3 is 5.97 Å². The molecular formula is C40H36N4O7S2. The lowest BCUT2D eigenvalue weighted by Crippen LogP contribution is -2.30. The summed E-state index contributed by atoms with van der Waals surface area (Å²) in [5.74, 6) is -1.97. The highest BCUT2D eigenvalue weighted by Gasteiger charge is 2.28. The molecule has 0 saturated heterocycles. The fourth-order valence-electron chi connectivity index (χ4n) is 5.03. The number of rotatable bonds is 13. The number of carbonyl (C=O) groups excluding carboxylic acids is 5. The van der Waals surface area contributed by atoms with Crippen molar-refractivity contribution in [2.24, 2.45) is 0 Å². The molecule has 4 N–H and O–H groups in total. The van der Waals surface area contributed by atoms with Crippen LogP contribution in [0.25, 0.3) is 6.08 Å². The lowest BCUT2D eigenvalue weighted by Gasteiger charge is -2.14. The number of anilines is 3. The van der Waals surface area contributed by atoms with Crippen LogP contribution in [0.4, 0.5) is 16.4 Å². The molecule has 53 heavy (non-hydrogen) atoms. The maximum atomic E-state index is 13.6. The summed E-state index contributed by atoms with van der Waals surface area (Å²) in [6.45, 7) is 3.32. The molecule has 4 aromatic carbocycles. The zero-order chi connectivity index (χ0) is 37.9. The normalized spacial score (nSPS) is 11.5. The third kappa shape index (κ3) is 10.00. The predicted molar refractivity (Wildman–Crippen MR) is 209 cm³/mol. The number of benzene rings is 4. The van der Waals surface area contributed by atoms with Crippen LogP contribution in [-0.2, 0) is 14.3 Å². The van der Waals surface area contributed by atoms with Crippen LogP contribution in [0.15, 0.2) is 120 Å². The number of para-hydroxylation sites is 1. The molecule has 1 aromatic heterocycles. The first kappa shape index (κ1) is 38.1. The Bertz CT molecular complexity index is 2170. The number of ether oxygens (including phenoxy) is 2. The Morgan fingerprint density at radius 3 is 2.13 bits per heavy atom. The fourth-order valence-corrected chi connectivity index (χ4v) is 7.05. The maximum absolute atomic E-state index is 13.6. The Morgan fingerprint density at radius 2 is 1.43 bits per heavy atom. The summed E-state index contributed by atoms with van der Waals surface area (Å²) in [7, 11) is 2.77.